The SMILES string of the molecule is Cc1cccc(NC(=O)CN2CCN(C(=O)COCc3ccccc3)CC2)c1C. The van der Waals surface area contributed by atoms with Gasteiger partial charge in [0.25, 0.3) is 0 Å². The van der Waals surface area contributed by atoms with Gasteiger partial charge in [-0.15, -0.1) is 0 Å². The van der Waals surface area contributed by atoms with Crippen molar-refractivity contribution < 1.29 is 14.3 Å². The molecule has 6 nitrogen and oxygen atoms in total. The number of rotatable bonds is 7. The van der Waals surface area contributed by atoms with Gasteiger partial charge in [0.15, 0.2) is 0 Å². The predicted molar refractivity (Wildman–Crippen MR) is 114 cm³/mol. The fraction of sp³-hybridized carbons (Fsp3) is 0.391. The van der Waals surface area contributed by atoms with Crippen LogP contribution in [-0.4, -0.2) is 60.9 Å². The van der Waals surface area contributed by atoms with E-state index in [2.05, 4.69) is 10.2 Å². The van der Waals surface area contributed by atoms with E-state index in [0.29, 0.717) is 39.3 Å². The molecular weight excluding hydrogens is 366 g/mol. The van der Waals surface area contributed by atoms with Gasteiger partial charge in [-0.1, -0.05) is 42.5 Å². The number of ether oxygens (including phenoxy) is 1. The smallest absolute Gasteiger partial charge is 0.248 e. The monoisotopic (exact) mass is 395 g/mol. The molecule has 2 aromatic rings. The van der Waals surface area contributed by atoms with Gasteiger partial charge in [-0.25, -0.2) is 0 Å². The van der Waals surface area contributed by atoms with E-state index in [0.717, 1.165) is 22.4 Å². The van der Waals surface area contributed by atoms with Crippen LogP contribution in [0.2, 0.25) is 0 Å². The molecule has 1 N–H and O–H groups in total. The fourth-order valence-corrected chi connectivity index (χ4v) is 3.36. The lowest BCUT2D eigenvalue weighted by atomic mass is 10.1. The molecule has 154 valence electrons. The molecule has 1 aliphatic heterocycles. The highest BCUT2D eigenvalue weighted by Crippen LogP contribution is 2.18. The highest BCUT2D eigenvalue weighted by atomic mass is 16.5. The van der Waals surface area contributed by atoms with Crippen LogP contribution in [0.15, 0.2) is 48.5 Å². The second kappa shape index (κ2) is 10.2. The number of carbonyl (C=O) groups is 2. The first-order valence-corrected chi connectivity index (χ1v) is 10.0. The number of benzene rings is 2. The zero-order chi connectivity index (χ0) is 20.6. The summed E-state index contributed by atoms with van der Waals surface area (Å²) in [5, 5.41) is 2.99. The zero-order valence-electron chi connectivity index (χ0n) is 17.2. The third kappa shape index (κ3) is 6.14. The van der Waals surface area contributed by atoms with Crippen molar-refractivity contribution in [3.05, 3.63) is 65.2 Å². The fourth-order valence-electron chi connectivity index (χ4n) is 3.36. The lowest BCUT2D eigenvalue weighted by molar-refractivity contribution is -0.138. The molecule has 1 saturated heterocycles. The molecule has 3 rings (SSSR count). The maximum Gasteiger partial charge on any atom is 0.248 e. The Hall–Kier alpha value is -2.70. The van der Waals surface area contributed by atoms with Crippen LogP contribution in [0.25, 0.3) is 0 Å². The molecule has 0 radical (unpaired) electrons. The minimum atomic E-state index is -0.0235. The van der Waals surface area contributed by atoms with Crippen LogP contribution >= 0.6 is 0 Å². The third-order valence-corrected chi connectivity index (χ3v) is 5.31. The summed E-state index contributed by atoms with van der Waals surface area (Å²) in [6.07, 6.45) is 0. The molecule has 0 unspecified atom stereocenters. The molecule has 0 saturated carbocycles. The second-order valence-corrected chi connectivity index (χ2v) is 7.43. The Labute approximate surface area is 172 Å². The summed E-state index contributed by atoms with van der Waals surface area (Å²) in [7, 11) is 0. The molecule has 0 atom stereocenters. The minimum Gasteiger partial charge on any atom is -0.367 e. The molecule has 0 spiro atoms. The summed E-state index contributed by atoms with van der Waals surface area (Å²) in [5.41, 5.74) is 4.16. The van der Waals surface area contributed by atoms with Gasteiger partial charge in [0.2, 0.25) is 11.8 Å². The van der Waals surface area contributed by atoms with Gasteiger partial charge in [-0.3, -0.25) is 14.5 Å². The van der Waals surface area contributed by atoms with Crippen LogP contribution in [0.5, 0.6) is 0 Å². The number of nitrogens with one attached hydrogen (secondary N) is 1. The lowest BCUT2D eigenvalue weighted by Crippen LogP contribution is -2.51. The molecular formula is C23H29N3O3. The Morgan fingerprint density at radius 1 is 0.966 bits per heavy atom. The van der Waals surface area contributed by atoms with Gasteiger partial charge in [-0.05, 0) is 36.6 Å². The van der Waals surface area contributed by atoms with Crippen molar-refractivity contribution in [3.63, 3.8) is 0 Å². The molecule has 6 heteroatoms. The highest BCUT2D eigenvalue weighted by molar-refractivity contribution is 5.93. The van der Waals surface area contributed by atoms with E-state index < -0.39 is 0 Å². The van der Waals surface area contributed by atoms with Gasteiger partial charge in [-0.2, -0.15) is 0 Å². The Kier molecular flexibility index (Phi) is 7.38. The van der Waals surface area contributed by atoms with Gasteiger partial charge >= 0.3 is 0 Å². The van der Waals surface area contributed by atoms with Crippen molar-refractivity contribution in [3.8, 4) is 0 Å². The summed E-state index contributed by atoms with van der Waals surface area (Å²) in [6.45, 7) is 7.50. The summed E-state index contributed by atoms with van der Waals surface area (Å²) in [6, 6.07) is 15.7. The molecule has 0 bridgehead atoms. The largest absolute Gasteiger partial charge is 0.367 e. The number of amides is 2. The number of hydrogen-bond acceptors (Lipinski definition) is 4. The molecule has 2 aromatic carbocycles. The Morgan fingerprint density at radius 2 is 1.69 bits per heavy atom. The summed E-state index contributed by atoms with van der Waals surface area (Å²) in [5.74, 6) is -0.0231. The van der Waals surface area contributed by atoms with Gasteiger partial charge in [0.1, 0.15) is 6.61 Å². The molecule has 2 amide bonds. The summed E-state index contributed by atoms with van der Waals surface area (Å²) < 4.78 is 5.54. The topological polar surface area (TPSA) is 61.9 Å². The first-order valence-electron chi connectivity index (χ1n) is 10.0. The number of nitrogens with zero attached hydrogens (tertiary/aromatic N) is 2. The van der Waals surface area contributed by atoms with Crippen LogP contribution in [0.1, 0.15) is 16.7 Å². The van der Waals surface area contributed by atoms with Crippen molar-refractivity contribution in [2.75, 3.05) is 44.6 Å². The van der Waals surface area contributed by atoms with Crippen molar-refractivity contribution in [2.24, 2.45) is 0 Å². The minimum absolute atomic E-state index is 0.000387. The maximum absolute atomic E-state index is 12.4. The summed E-state index contributed by atoms with van der Waals surface area (Å²) in [4.78, 5) is 28.6. The van der Waals surface area contributed by atoms with Gasteiger partial charge in [0, 0.05) is 31.9 Å². The number of hydrogen-bond donors (Lipinski definition) is 1. The number of carbonyl (C=O) groups excluding carboxylic acids is 2. The third-order valence-electron chi connectivity index (χ3n) is 5.31. The average molecular weight is 396 g/mol. The molecule has 0 aliphatic carbocycles. The predicted octanol–water partition coefficient (Wildman–Crippen LogP) is 2.60. The van der Waals surface area contributed by atoms with Crippen LogP contribution < -0.4 is 5.32 Å². The molecule has 0 aromatic heterocycles. The second-order valence-electron chi connectivity index (χ2n) is 7.43. The standard InChI is InChI=1S/C23H29N3O3/c1-18-7-6-10-21(19(18)2)24-22(27)15-25-11-13-26(14-12-25)23(28)17-29-16-20-8-4-3-5-9-20/h3-10H,11-17H2,1-2H3,(H,24,27). The molecule has 1 aliphatic rings. The number of anilines is 1. The molecule has 29 heavy (non-hydrogen) atoms. The van der Waals surface area contributed by atoms with Crippen molar-refractivity contribution >= 4 is 17.5 Å². The Morgan fingerprint density at radius 3 is 2.41 bits per heavy atom. The van der Waals surface area contributed by atoms with Crippen molar-refractivity contribution in [2.45, 2.75) is 20.5 Å². The summed E-state index contributed by atoms with van der Waals surface area (Å²) >= 11 is 0. The molecule has 1 fully saturated rings. The van der Waals surface area contributed by atoms with E-state index in [-0.39, 0.29) is 18.4 Å². The first-order chi connectivity index (χ1) is 14.0. The normalized spacial score (nSPS) is 14.6. The zero-order valence-corrected chi connectivity index (χ0v) is 17.2. The van der Waals surface area contributed by atoms with Crippen LogP contribution in [0.3, 0.4) is 0 Å². The van der Waals surface area contributed by atoms with Crippen LogP contribution in [0.4, 0.5) is 5.69 Å². The Bertz CT molecular complexity index is 831. The van der Waals surface area contributed by atoms with Crippen LogP contribution in [0, 0.1) is 13.8 Å². The maximum atomic E-state index is 12.4. The first kappa shape index (κ1) is 21.0. The van der Waals surface area contributed by atoms with E-state index in [9.17, 15) is 9.59 Å². The van der Waals surface area contributed by atoms with E-state index in [1.54, 1.807) is 0 Å². The van der Waals surface area contributed by atoms with E-state index in [1.165, 1.54) is 0 Å². The van der Waals surface area contributed by atoms with Gasteiger partial charge < -0.3 is 15.0 Å². The Balaban J connectivity index is 1.37. The quantitative estimate of drug-likeness (QED) is 0.783. The average Bonchev–Trinajstić information content (AvgIpc) is 2.72. The lowest BCUT2D eigenvalue weighted by Gasteiger charge is -2.34. The van der Waals surface area contributed by atoms with E-state index in [4.69, 9.17) is 4.74 Å². The van der Waals surface area contributed by atoms with E-state index in [1.807, 2.05) is 67.3 Å². The van der Waals surface area contributed by atoms with Crippen LogP contribution in [-0.2, 0) is 20.9 Å². The van der Waals surface area contributed by atoms with Crippen molar-refractivity contribution in [1.29, 1.82) is 0 Å². The van der Waals surface area contributed by atoms with E-state index >= 15 is 0 Å². The highest BCUT2D eigenvalue weighted by Gasteiger charge is 2.22. The van der Waals surface area contributed by atoms with Gasteiger partial charge in [0.05, 0.1) is 13.2 Å². The number of piperazine rings is 1. The molecule has 1 heterocycles. The van der Waals surface area contributed by atoms with Crippen molar-refractivity contribution in [1.82, 2.24) is 9.80 Å². The number of aryl methyl sites for hydroxylation is 1.